The number of benzene rings is 3. The molecule has 0 unspecified atom stereocenters. The molecule has 0 aliphatic heterocycles. The molecule has 0 heterocycles. The Kier molecular flexibility index (Phi) is 7.26. The molecule has 3 aromatic rings. The fraction of sp³-hybridized carbons (Fsp3) is 0.0833. The number of nitrogens with zero attached hydrogens (tertiary/aromatic N) is 1. The Hall–Kier alpha value is -3.82. The molecular weight excluding hydrogens is 419 g/mol. The van der Waals surface area contributed by atoms with Gasteiger partial charge < -0.3 is 14.8 Å². The molecular formula is C24H18ClFN2O3. The zero-order valence-electron chi connectivity index (χ0n) is 16.6. The normalized spacial score (nSPS) is 10.8. The van der Waals surface area contributed by atoms with E-state index < -0.39 is 5.82 Å². The van der Waals surface area contributed by atoms with Crippen molar-refractivity contribution < 1.29 is 18.7 Å². The van der Waals surface area contributed by atoms with Gasteiger partial charge in [-0.3, -0.25) is 4.79 Å². The number of methoxy groups -OCH3 is 1. The number of allylic oxidation sites excluding steroid dienone is 1. The quantitative estimate of drug-likeness (QED) is 0.388. The Morgan fingerprint density at radius 3 is 2.55 bits per heavy atom. The number of ether oxygens (including phenoxy) is 2. The molecule has 0 fully saturated rings. The summed E-state index contributed by atoms with van der Waals surface area (Å²) in [6, 6.07) is 20.1. The number of amides is 1. The molecule has 31 heavy (non-hydrogen) atoms. The van der Waals surface area contributed by atoms with Gasteiger partial charge in [0.2, 0.25) is 0 Å². The largest absolute Gasteiger partial charge is 0.493 e. The van der Waals surface area contributed by atoms with E-state index in [4.69, 9.17) is 21.1 Å². The van der Waals surface area contributed by atoms with Crippen LogP contribution in [0.5, 0.6) is 11.5 Å². The lowest BCUT2D eigenvalue weighted by Crippen LogP contribution is -2.20. The van der Waals surface area contributed by atoms with Gasteiger partial charge in [0.25, 0.3) is 5.91 Å². The van der Waals surface area contributed by atoms with E-state index in [1.807, 2.05) is 12.1 Å². The zero-order chi connectivity index (χ0) is 22.2. The number of carbonyl (C=O) groups excluding carboxylic acids is 1. The van der Waals surface area contributed by atoms with Crippen molar-refractivity contribution in [1.29, 1.82) is 5.26 Å². The second-order valence-electron chi connectivity index (χ2n) is 6.39. The van der Waals surface area contributed by atoms with Crippen LogP contribution in [-0.4, -0.2) is 19.6 Å². The van der Waals surface area contributed by atoms with Gasteiger partial charge in [0.15, 0.2) is 18.1 Å². The van der Waals surface area contributed by atoms with Crippen molar-refractivity contribution in [3.63, 3.8) is 0 Å². The Morgan fingerprint density at radius 1 is 1.16 bits per heavy atom. The van der Waals surface area contributed by atoms with Gasteiger partial charge in [0, 0.05) is 11.3 Å². The van der Waals surface area contributed by atoms with Crippen molar-refractivity contribution >= 4 is 34.8 Å². The van der Waals surface area contributed by atoms with Crippen LogP contribution in [0.15, 0.2) is 66.7 Å². The number of nitriles is 1. The fourth-order valence-electron chi connectivity index (χ4n) is 2.84. The molecule has 0 bridgehead atoms. The van der Waals surface area contributed by atoms with E-state index in [-0.39, 0.29) is 40.2 Å². The molecule has 0 atom stereocenters. The number of halogens is 2. The summed E-state index contributed by atoms with van der Waals surface area (Å²) in [5.41, 5.74) is 1.47. The van der Waals surface area contributed by atoms with Crippen LogP contribution >= 0.6 is 11.6 Å². The predicted molar refractivity (Wildman–Crippen MR) is 118 cm³/mol. The molecule has 0 saturated heterocycles. The highest BCUT2D eigenvalue weighted by Gasteiger charge is 2.15. The maximum Gasteiger partial charge on any atom is 0.262 e. The van der Waals surface area contributed by atoms with Gasteiger partial charge in [-0.1, -0.05) is 48.0 Å². The van der Waals surface area contributed by atoms with E-state index in [2.05, 4.69) is 5.32 Å². The topological polar surface area (TPSA) is 71.3 Å². The third-order valence-electron chi connectivity index (χ3n) is 4.25. The second kappa shape index (κ2) is 10.3. The fourth-order valence-corrected chi connectivity index (χ4v) is 3.11. The first-order valence-electron chi connectivity index (χ1n) is 9.23. The molecule has 1 N–H and O–H groups in total. The summed E-state index contributed by atoms with van der Waals surface area (Å²) in [6.07, 6.45) is 1.50. The SMILES string of the molecule is COc1cc(/C=C(/C#N)c2ccccc2F)cc(Cl)c1OCC(=O)Nc1ccccc1. The van der Waals surface area contributed by atoms with Crippen LogP contribution in [-0.2, 0) is 4.79 Å². The van der Waals surface area contributed by atoms with Crippen molar-refractivity contribution in [3.8, 4) is 17.6 Å². The summed E-state index contributed by atoms with van der Waals surface area (Å²) in [4.78, 5) is 12.1. The molecule has 0 aromatic heterocycles. The van der Waals surface area contributed by atoms with E-state index in [0.717, 1.165) is 0 Å². The van der Waals surface area contributed by atoms with Gasteiger partial charge in [-0.25, -0.2) is 4.39 Å². The minimum atomic E-state index is -0.502. The maximum atomic E-state index is 14.1. The third kappa shape index (κ3) is 5.62. The second-order valence-corrected chi connectivity index (χ2v) is 6.79. The average molecular weight is 437 g/mol. The van der Waals surface area contributed by atoms with Crippen LogP contribution in [0.1, 0.15) is 11.1 Å². The summed E-state index contributed by atoms with van der Waals surface area (Å²) in [5, 5.41) is 12.4. The molecule has 3 aromatic carbocycles. The minimum Gasteiger partial charge on any atom is -0.493 e. The number of anilines is 1. The Bertz CT molecular complexity index is 1160. The van der Waals surface area contributed by atoms with E-state index in [1.165, 1.54) is 25.3 Å². The van der Waals surface area contributed by atoms with Gasteiger partial charge in [0.05, 0.1) is 23.8 Å². The molecule has 0 saturated carbocycles. The van der Waals surface area contributed by atoms with Crippen LogP contribution in [0.25, 0.3) is 11.6 Å². The molecule has 5 nitrogen and oxygen atoms in total. The number of para-hydroxylation sites is 1. The lowest BCUT2D eigenvalue weighted by molar-refractivity contribution is -0.118. The number of carbonyl (C=O) groups is 1. The molecule has 3 rings (SSSR count). The molecule has 0 spiro atoms. The van der Waals surface area contributed by atoms with Crippen molar-refractivity contribution in [2.45, 2.75) is 0 Å². The van der Waals surface area contributed by atoms with E-state index in [1.54, 1.807) is 48.5 Å². The highest BCUT2D eigenvalue weighted by molar-refractivity contribution is 6.32. The maximum absolute atomic E-state index is 14.1. The standard InChI is InChI=1S/C24H18ClFN2O3/c1-30-22-13-16(11-17(14-27)19-9-5-6-10-21(19)26)12-20(25)24(22)31-15-23(29)28-18-7-3-2-4-8-18/h2-13H,15H2,1H3,(H,28,29)/b17-11-. The van der Waals surface area contributed by atoms with Gasteiger partial charge in [-0.05, 0) is 42.0 Å². The van der Waals surface area contributed by atoms with Gasteiger partial charge in [-0.15, -0.1) is 0 Å². The highest BCUT2D eigenvalue weighted by atomic mass is 35.5. The number of hydrogen-bond donors (Lipinski definition) is 1. The van der Waals surface area contributed by atoms with E-state index in [0.29, 0.717) is 11.3 Å². The first kappa shape index (κ1) is 21.9. The molecule has 7 heteroatoms. The Balaban J connectivity index is 1.81. The Labute approximate surface area is 184 Å². The van der Waals surface area contributed by atoms with Gasteiger partial charge in [-0.2, -0.15) is 5.26 Å². The van der Waals surface area contributed by atoms with Crippen LogP contribution < -0.4 is 14.8 Å². The van der Waals surface area contributed by atoms with Crippen LogP contribution in [0.2, 0.25) is 5.02 Å². The van der Waals surface area contributed by atoms with Crippen molar-refractivity contribution in [2.24, 2.45) is 0 Å². The monoisotopic (exact) mass is 436 g/mol. The Morgan fingerprint density at radius 2 is 1.87 bits per heavy atom. The van der Waals surface area contributed by atoms with Gasteiger partial charge >= 0.3 is 0 Å². The van der Waals surface area contributed by atoms with Gasteiger partial charge in [0.1, 0.15) is 5.82 Å². The predicted octanol–water partition coefficient (Wildman–Crippen LogP) is 5.57. The summed E-state index contributed by atoms with van der Waals surface area (Å²) in [5.74, 6) is -0.400. The molecule has 0 aliphatic rings. The lowest BCUT2D eigenvalue weighted by atomic mass is 10.0. The number of nitrogens with one attached hydrogen (secondary N) is 1. The van der Waals surface area contributed by atoms with Crippen molar-refractivity contribution in [3.05, 3.63) is 88.7 Å². The number of rotatable bonds is 7. The lowest BCUT2D eigenvalue weighted by Gasteiger charge is -2.13. The number of hydrogen-bond acceptors (Lipinski definition) is 4. The molecule has 1 amide bonds. The van der Waals surface area contributed by atoms with Crippen LogP contribution in [0, 0.1) is 17.1 Å². The first-order chi connectivity index (χ1) is 15.0. The minimum absolute atomic E-state index is 0.132. The average Bonchev–Trinajstić information content (AvgIpc) is 2.77. The molecule has 156 valence electrons. The van der Waals surface area contributed by atoms with Crippen molar-refractivity contribution in [1.82, 2.24) is 0 Å². The van der Waals surface area contributed by atoms with Crippen LogP contribution in [0.4, 0.5) is 10.1 Å². The van der Waals surface area contributed by atoms with E-state index in [9.17, 15) is 14.4 Å². The smallest absolute Gasteiger partial charge is 0.262 e. The molecule has 0 radical (unpaired) electrons. The first-order valence-corrected chi connectivity index (χ1v) is 9.61. The molecule has 0 aliphatic carbocycles. The third-order valence-corrected chi connectivity index (χ3v) is 4.53. The summed E-state index contributed by atoms with van der Waals surface area (Å²) >= 11 is 6.34. The summed E-state index contributed by atoms with van der Waals surface area (Å²) in [6.45, 7) is -0.279. The van der Waals surface area contributed by atoms with E-state index >= 15 is 0 Å². The summed E-state index contributed by atoms with van der Waals surface area (Å²) < 4.78 is 25.0. The zero-order valence-corrected chi connectivity index (χ0v) is 17.3. The summed E-state index contributed by atoms with van der Waals surface area (Å²) in [7, 11) is 1.43. The van der Waals surface area contributed by atoms with Crippen LogP contribution in [0.3, 0.4) is 0 Å². The van der Waals surface area contributed by atoms with Crippen molar-refractivity contribution in [2.75, 3.05) is 19.0 Å². The highest BCUT2D eigenvalue weighted by Crippen LogP contribution is 2.37.